The van der Waals surface area contributed by atoms with Crippen molar-refractivity contribution >= 4 is 27.4 Å². The standard InChI is InChI=1S/C22H25N3O2S/c1-24-14-18(16-5-10-23-20(16)21(24)26)17-13-15(28(2)27)3-4-19(17)25-11-8-22(6-7-22)9-12-25/h3-5,10,13-14,23H,6-9,11-12H2,1-2H3. The molecule has 2 fully saturated rings. The molecule has 1 aliphatic heterocycles. The number of nitrogens with one attached hydrogen (secondary N) is 1. The molecule has 1 saturated carbocycles. The van der Waals surface area contributed by atoms with Crippen molar-refractivity contribution in [1.82, 2.24) is 9.55 Å². The Hall–Kier alpha value is -2.34. The van der Waals surface area contributed by atoms with E-state index in [-0.39, 0.29) is 5.56 Å². The number of anilines is 1. The summed E-state index contributed by atoms with van der Waals surface area (Å²) in [5.41, 5.74) is 4.43. The maximum atomic E-state index is 12.5. The predicted octanol–water partition coefficient (Wildman–Crippen LogP) is 3.65. The summed E-state index contributed by atoms with van der Waals surface area (Å²) in [6.45, 7) is 2.12. The van der Waals surface area contributed by atoms with Crippen LogP contribution >= 0.6 is 0 Å². The van der Waals surface area contributed by atoms with Crippen molar-refractivity contribution in [2.24, 2.45) is 12.5 Å². The lowest BCUT2D eigenvalue weighted by Gasteiger charge is -2.35. The molecule has 3 aromatic rings. The maximum absolute atomic E-state index is 12.5. The summed E-state index contributed by atoms with van der Waals surface area (Å²) in [5, 5.41) is 0.916. The van der Waals surface area contributed by atoms with E-state index in [4.69, 9.17) is 0 Å². The Morgan fingerprint density at radius 1 is 1.07 bits per heavy atom. The third-order valence-electron chi connectivity index (χ3n) is 6.61. The number of H-pyrrole nitrogens is 1. The van der Waals surface area contributed by atoms with Crippen LogP contribution in [0.25, 0.3) is 22.0 Å². The summed E-state index contributed by atoms with van der Waals surface area (Å²) in [5.74, 6) is 0. The Kier molecular flexibility index (Phi) is 4.02. The molecule has 2 aliphatic rings. The fourth-order valence-electron chi connectivity index (χ4n) is 4.57. The number of aryl methyl sites for hydroxylation is 1. The van der Waals surface area contributed by atoms with Gasteiger partial charge in [-0.25, -0.2) is 0 Å². The Morgan fingerprint density at radius 3 is 2.50 bits per heavy atom. The van der Waals surface area contributed by atoms with Crippen LogP contribution in [-0.2, 0) is 17.8 Å². The zero-order chi connectivity index (χ0) is 19.5. The van der Waals surface area contributed by atoms with Crippen molar-refractivity contribution in [3.63, 3.8) is 0 Å². The smallest absolute Gasteiger partial charge is 0.274 e. The van der Waals surface area contributed by atoms with Crippen molar-refractivity contribution in [2.75, 3.05) is 24.2 Å². The quantitative estimate of drug-likeness (QED) is 0.736. The first-order valence-electron chi connectivity index (χ1n) is 9.87. The summed E-state index contributed by atoms with van der Waals surface area (Å²) in [7, 11) is 0.726. The largest absolute Gasteiger partial charge is 0.371 e. The van der Waals surface area contributed by atoms with E-state index in [1.54, 1.807) is 17.9 Å². The molecule has 1 aromatic carbocycles. The number of hydrogen-bond acceptors (Lipinski definition) is 3. The molecule has 0 bridgehead atoms. The molecule has 1 saturated heterocycles. The minimum atomic E-state index is -1.06. The SMILES string of the molecule is Cn1cc(-c2cc(S(C)=O)ccc2N2CCC3(CC2)CC3)c2cc[nH]c2c1=O. The normalized spacial score (nSPS) is 19.3. The van der Waals surface area contributed by atoms with Gasteiger partial charge in [0.2, 0.25) is 0 Å². The lowest BCUT2D eigenvalue weighted by molar-refractivity contribution is 0.384. The van der Waals surface area contributed by atoms with E-state index in [1.165, 1.54) is 31.4 Å². The minimum Gasteiger partial charge on any atom is -0.371 e. The van der Waals surface area contributed by atoms with E-state index in [0.717, 1.165) is 34.5 Å². The number of benzene rings is 1. The lowest BCUT2D eigenvalue weighted by Crippen LogP contribution is -2.34. The third kappa shape index (κ3) is 2.82. The van der Waals surface area contributed by atoms with Gasteiger partial charge in [-0.2, -0.15) is 0 Å². The van der Waals surface area contributed by atoms with Gasteiger partial charge in [-0.15, -0.1) is 0 Å². The molecule has 1 aliphatic carbocycles. The van der Waals surface area contributed by atoms with Gasteiger partial charge in [0.05, 0.1) is 0 Å². The van der Waals surface area contributed by atoms with Crippen LogP contribution in [0.5, 0.6) is 0 Å². The second kappa shape index (κ2) is 6.34. The Morgan fingerprint density at radius 2 is 1.82 bits per heavy atom. The summed E-state index contributed by atoms with van der Waals surface area (Å²) < 4.78 is 13.8. The highest BCUT2D eigenvalue weighted by Crippen LogP contribution is 2.54. The molecule has 6 heteroatoms. The highest BCUT2D eigenvalue weighted by atomic mass is 32.2. The monoisotopic (exact) mass is 395 g/mol. The second-order valence-corrected chi connectivity index (χ2v) is 9.72. The molecule has 1 unspecified atom stereocenters. The molecule has 5 nitrogen and oxygen atoms in total. The molecule has 0 amide bonds. The van der Waals surface area contributed by atoms with Crippen LogP contribution in [-0.4, -0.2) is 33.1 Å². The second-order valence-electron chi connectivity index (χ2n) is 8.35. The van der Waals surface area contributed by atoms with Crippen molar-refractivity contribution in [3.05, 3.63) is 47.0 Å². The number of nitrogens with zero attached hydrogens (tertiary/aromatic N) is 2. The number of aromatic amines is 1. The van der Waals surface area contributed by atoms with Crippen LogP contribution in [0.2, 0.25) is 0 Å². The molecular formula is C22H25N3O2S. The number of aromatic nitrogens is 2. The summed E-state index contributed by atoms with van der Waals surface area (Å²) in [4.78, 5) is 18.8. The molecule has 146 valence electrons. The fraction of sp³-hybridized carbons (Fsp3) is 0.409. The summed E-state index contributed by atoms with van der Waals surface area (Å²) >= 11 is 0. The molecule has 5 rings (SSSR count). The number of pyridine rings is 1. The Balaban J connectivity index is 1.68. The number of hydrogen-bond donors (Lipinski definition) is 1. The lowest BCUT2D eigenvalue weighted by atomic mass is 9.92. The highest BCUT2D eigenvalue weighted by Gasteiger charge is 2.44. The zero-order valence-corrected chi connectivity index (χ0v) is 17.1. The first kappa shape index (κ1) is 17.7. The maximum Gasteiger partial charge on any atom is 0.274 e. The molecule has 28 heavy (non-hydrogen) atoms. The van der Waals surface area contributed by atoms with E-state index in [0.29, 0.717) is 10.9 Å². The van der Waals surface area contributed by atoms with Crippen molar-refractivity contribution in [3.8, 4) is 11.1 Å². The highest BCUT2D eigenvalue weighted by molar-refractivity contribution is 7.84. The van der Waals surface area contributed by atoms with Crippen LogP contribution in [0.3, 0.4) is 0 Å². The van der Waals surface area contributed by atoms with Crippen molar-refractivity contribution in [1.29, 1.82) is 0 Å². The summed E-state index contributed by atoms with van der Waals surface area (Å²) in [6, 6.07) is 8.09. The first-order chi connectivity index (χ1) is 13.5. The molecule has 1 N–H and O–H groups in total. The number of rotatable bonds is 3. The molecule has 1 spiro atoms. The van der Waals surface area contributed by atoms with Crippen molar-refractivity contribution in [2.45, 2.75) is 30.6 Å². The Bertz CT molecular complexity index is 1150. The van der Waals surface area contributed by atoms with E-state index in [1.807, 2.05) is 30.6 Å². The van der Waals surface area contributed by atoms with Gasteiger partial charge in [0.15, 0.2) is 0 Å². The minimum absolute atomic E-state index is 0.0332. The van der Waals surface area contributed by atoms with E-state index < -0.39 is 10.8 Å². The van der Waals surface area contributed by atoms with E-state index in [9.17, 15) is 9.00 Å². The van der Waals surface area contributed by atoms with Crippen LogP contribution in [0.4, 0.5) is 5.69 Å². The average Bonchev–Trinajstić information content (AvgIpc) is 3.26. The van der Waals surface area contributed by atoms with Crippen LogP contribution in [0.15, 0.2) is 46.3 Å². The Labute approximate surface area is 166 Å². The molecule has 3 heterocycles. The topological polar surface area (TPSA) is 58.1 Å². The van der Waals surface area contributed by atoms with E-state index in [2.05, 4.69) is 16.0 Å². The van der Waals surface area contributed by atoms with Gasteiger partial charge in [0.1, 0.15) is 5.52 Å². The molecule has 0 radical (unpaired) electrons. The van der Waals surface area contributed by atoms with Crippen LogP contribution in [0, 0.1) is 5.41 Å². The average molecular weight is 396 g/mol. The first-order valence-corrected chi connectivity index (χ1v) is 11.4. The van der Waals surface area contributed by atoms with Crippen LogP contribution < -0.4 is 10.5 Å². The van der Waals surface area contributed by atoms with Crippen molar-refractivity contribution < 1.29 is 4.21 Å². The van der Waals surface area contributed by atoms with Gasteiger partial charge < -0.3 is 14.5 Å². The van der Waals surface area contributed by atoms with Gasteiger partial charge in [-0.3, -0.25) is 9.00 Å². The van der Waals surface area contributed by atoms with Gasteiger partial charge in [0, 0.05) is 76.7 Å². The fourth-order valence-corrected chi connectivity index (χ4v) is 5.11. The van der Waals surface area contributed by atoms with Gasteiger partial charge in [-0.1, -0.05) is 0 Å². The van der Waals surface area contributed by atoms with E-state index >= 15 is 0 Å². The molecule has 1 atom stereocenters. The number of piperidine rings is 1. The molecular weight excluding hydrogens is 370 g/mol. The zero-order valence-electron chi connectivity index (χ0n) is 16.3. The molecule has 2 aromatic heterocycles. The van der Waals surface area contributed by atoms with Gasteiger partial charge >= 0.3 is 0 Å². The van der Waals surface area contributed by atoms with Gasteiger partial charge in [-0.05, 0) is 55.4 Å². The van der Waals surface area contributed by atoms with Gasteiger partial charge in [0.25, 0.3) is 5.56 Å². The third-order valence-corrected chi connectivity index (χ3v) is 7.52. The predicted molar refractivity (Wildman–Crippen MR) is 114 cm³/mol. The van der Waals surface area contributed by atoms with Crippen LogP contribution in [0.1, 0.15) is 25.7 Å². The number of fused-ring (bicyclic) bond motifs is 1. The summed E-state index contributed by atoms with van der Waals surface area (Å²) in [6.07, 6.45) is 10.7.